The number of rotatable bonds is 6. The first-order valence-electron chi connectivity index (χ1n) is 6.65. The standard InChI is InChI=1S/C13H28N2O/c1-5-14-12-6-8-15(9-7-12)13(10-16-4)11(2)3/h11-14H,5-10H2,1-4H3. The van der Waals surface area contributed by atoms with Gasteiger partial charge in [0.1, 0.15) is 0 Å². The van der Waals surface area contributed by atoms with Gasteiger partial charge in [0.15, 0.2) is 0 Å². The minimum atomic E-state index is 0.590. The Labute approximate surface area is 101 Å². The van der Waals surface area contributed by atoms with E-state index in [1.807, 2.05) is 0 Å². The number of nitrogens with zero attached hydrogens (tertiary/aromatic N) is 1. The molecule has 1 fully saturated rings. The van der Waals surface area contributed by atoms with E-state index in [9.17, 15) is 0 Å². The van der Waals surface area contributed by atoms with Gasteiger partial charge < -0.3 is 10.1 Å². The molecule has 0 radical (unpaired) electrons. The first kappa shape index (κ1) is 13.9. The quantitative estimate of drug-likeness (QED) is 0.749. The molecule has 0 amide bonds. The Kier molecular flexibility index (Phi) is 6.32. The zero-order chi connectivity index (χ0) is 12.0. The molecular weight excluding hydrogens is 200 g/mol. The van der Waals surface area contributed by atoms with E-state index in [1.54, 1.807) is 7.11 Å². The number of ether oxygens (including phenoxy) is 1. The maximum absolute atomic E-state index is 5.34. The largest absolute Gasteiger partial charge is 0.383 e. The van der Waals surface area contributed by atoms with Crippen LogP contribution in [-0.4, -0.2) is 50.3 Å². The minimum absolute atomic E-state index is 0.590. The van der Waals surface area contributed by atoms with Crippen molar-refractivity contribution < 1.29 is 4.74 Å². The second-order valence-corrected chi connectivity index (χ2v) is 5.13. The molecule has 1 rings (SSSR count). The predicted molar refractivity (Wildman–Crippen MR) is 68.8 cm³/mol. The van der Waals surface area contributed by atoms with Crippen molar-refractivity contribution in [1.82, 2.24) is 10.2 Å². The zero-order valence-electron chi connectivity index (χ0n) is 11.3. The van der Waals surface area contributed by atoms with Crippen LogP contribution in [0.5, 0.6) is 0 Å². The van der Waals surface area contributed by atoms with Crippen LogP contribution < -0.4 is 5.32 Å². The van der Waals surface area contributed by atoms with Crippen molar-refractivity contribution in [2.75, 3.05) is 33.4 Å². The molecule has 0 saturated carbocycles. The molecule has 3 heteroatoms. The van der Waals surface area contributed by atoms with Gasteiger partial charge in [0, 0.05) is 32.3 Å². The van der Waals surface area contributed by atoms with Crippen LogP contribution in [0.3, 0.4) is 0 Å². The minimum Gasteiger partial charge on any atom is -0.383 e. The van der Waals surface area contributed by atoms with Crippen molar-refractivity contribution in [3.8, 4) is 0 Å². The maximum Gasteiger partial charge on any atom is 0.0620 e. The van der Waals surface area contributed by atoms with Gasteiger partial charge in [-0.2, -0.15) is 0 Å². The maximum atomic E-state index is 5.34. The lowest BCUT2D eigenvalue weighted by atomic mass is 9.98. The van der Waals surface area contributed by atoms with Crippen LogP contribution in [0.15, 0.2) is 0 Å². The molecule has 1 atom stereocenters. The van der Waals surface area contributed by atoms with E-state index in [-0.39, 0.29) is 0 Å². The fourth-order valence-corrected chi connectivity index (χ4v) is 2.61. The highest BCUT2D eigenvalue weighted by molar-refractivity contribution is 4.82. The Hall–Kier alpha value is -0.120. The average molecular weight is 228 g/mol. The molecule has 1 saturated heterocycles. The first-order chi connectivity index (χ1) is 7.69. The zero-order valence-corrected chi connectivity index (χ0v) is 11.3. The summed E-state index contributed by atoms with van der Waals surface area (Å²) < 4.78 is 5.34. The molecule has 0 aromatic rings. The predicted octanol–water partition coefficient (Wildman–Crippen LogP) is 1.73. The van der Waals surface area contributed by atoms with Gasteiger partial charge in [-0.25, -0.2) is 0 Å². The second kappa shape index (κ2) is 7.25. The Morgan fingerprint density at radius 3 is 2.38 bits per heavy atom. The Morgan fingerprint density at radius 2 is 1.94 bits per heavy atom. The molecule has 0 aliphatic carbocycles. The smallest absolute Gasteiger partial charge is 0.0620 e. The molecule has 1 unspecified atom stereocenters. The number of nitrogens with one attached hydrogen (secondary N) is 1. The third-order valence-corrected chi connectivity index (χ3v) is 3.60. The topological polar surface area (TPSA) is 24.5 Å². The molecule has 96 valence electrons. The van der Waals surface area contributed by atoms with Crippen molar-refractivity contribution in [3.63, 3.8) is 0 Å². The van der Waals surface area contributed by atoms with Gasteiger partial charge >= 0.3 is 0 Å². The van der Waals surface area contributed by atoms with E-state index in [1.165, 1.54) is 25.9 Å². The molecule has 0 bridgehead atoms. The monoisotopic (exact) mass is 228 g/mol. The lowest BCUT2D eigenvalue weighted by Crippen LogP contribution is -2.49. The number of hydrogen-bond donors (Lipinski definition) is 1. The summed E-state index contributed by atoms with van der Waals surface area (Å²) in [5, 5.41) is 3.55. The van der Waals surface area contributed by atoms with E-state index < -0.39 is 0 Å². The van der Waals surface area contributed by atoms with Crippen LogP contribution in [0.2, 0.25) is 0 Å². The molecule has 3 nitrogen and oxygen atoms in total. The van der Waals surface area contributed by atoms with Crippen molar-refractivity contribution in [2.45, 2.75) is 45.7 Å². The van der Waals surface area contributed by atoms with Gasteiger partial charge in [0.25, 0.3) is 0 Å². The van der Waals surface area contributed by atoms with E-state index in [4.69, 9.17) is 4.74 Å². The van der Waals surface area contributed by atoms with Crippen LogP contribution in [-0.2, 0) is 4.74 Å². The van der Waals surface area contributed by atoms with Crippen molar-refractivity contribution in [1.29, 1.82) is 0 Å². The molecule has 0 spiro atoms. The summed E-state index contributed by atoms with van der Waals surface area (Å²) in [7, 11) is 1.81. The molecule has 1 N–H and O–H groups in total. The molecule has 1 aliphatic rings. The van der Waals surface area contributed by atoms with Crippen LogP contribution in [0.1, 0.15) is 33.6 Å². The summed E-state index contributed by atoms with van der Waals surface area (Å²) in [4.78, 5) is 2.60. The molecule has 0 aromatic heterocycles. The number of hydrogen-bond acceptors (Lipinski definition) is 3. The summed E-state index contributed by atoms with van der Waals surface area (Å²) in [5.41, 5.74) is 0. The number of methoxy groups -OCH3 is 1. The summed E-state index contributed by atoms with van der Waals surface area (Å²) in [6, 6.07) is 1.32. The third kappa shape index (κ3) is 4.04. The highest BCUT2D eigenvalue weighted by Gasteiger charge is 2.26. The number of piperidine rings is 1. The second-order valence-electron chi connectivity index (χ2n) is 5.13. The molecule has 1 aliphatic heterocycles. The Morgan fingerprint density at radius 1 is 1.31 bits per heavy atom. The van der Waals surface area contributed by atoms with Crippen molar-refractivity contribution in [2.24, 2.45) is 5.92 Å². The summed E-state index contributed by atoms with van der Waals surface area (Å²) in [5.74, 6) is 0.677. The molecule has 1 heterocycles. The average Bonchev–Trinajstić information content (AvgIpc) is 2.27. The van der Waals surface area contributed by atoms with Crippen LogP contribution in [0.25, 0.3) is 0 Å². The fourth-order valence-electron chi connectivity index (χ4n) is 2.61. The SMILES string of the molecule is CCNC1CCN(C(COC)C(C)C)CC1. The fraction of sp³-hybridized carbons (Fsp3) is 1.00. The van der Waals surface area contributed by atoms with E-state index in [0.29, 0.717) is 12.0 Å². The third-order valence-electron chi connectivity index (χ3n) is 3.60. The van der Waals surface area contributed by atoms with E-state index in [0.717, 1.165) is 19.2 Å². The number of likely N-dealkylation sites (tertiary alicyclic amines) is 1. The van der Waals surface area contributed by atoms with E-state index >= 15 is 0 Å². The lowest BCUT2D eigenvalue weighted by Gasteiger charge is -2.39. The summed E-state index contributed by atoms with van der Waals surface area (Å²) >= 11 is 0. The van der Waals surface area contributed by atoms with Gasteiger partial charge in [-0.15, -0.1) is 0 Å². The Bertz CT molecular complexity index is 177. The highest BCUT2D eigenvalue weighted by atomic mass is 16.5. The van der Waals surface area contributed by atoms with Gasteiger partial charge in [-0.1, -0.05) is 20.8 Å². The lowest BCUT2D eigenvalue weighted by molar-refractivity contribution is 0.0464. The van der Waals surface area contributed by atoms with Gasteiger partial charge in [0.2, 0.25) is 0 Å². The van der Waals surface area contributed by atoms with Gasteiger partial charge in [0.05, 0.1) is 6.61 Å². The summed E-state index contributed by atoms with van der Waals surface area (Å²) in [6.07, 6.45) is 2.56. The van der Waals surface area contributed by atoms with Crippen molar-refractivity contribution >= 4 is 0 Å². The first-order valence-corrected chi connectivity index (χ1v) is 6.65. The normalized spacial score (nSPS) is 21.6. The van der Waals surface area contributed by atoms with Crippen molar-refractivity contribution in [3.05, 3.63) is 0 Å². The van der Waals surface area contributed by atoms with E-state index in [2.05, 4.69) is 31.0 Å². The van der Waals surface area contributed by atoms with Crippen LogP contribution in [0, 0.1) is 5.92 Å². The molecule has 0 aromatic carbocycles. The highest BCUT2D eigenvalue weighted by Crippen LogP contribution is 2.18. The molecular formula is C13H28N2O. The Balaban J connectivity index is 2.38. The summed E-state index contributed by atoms with van der Waals surface area (Å²) in [6.45, 7) is 11.2. The van der Waals surface area contributed by atoms with Crippen LogP contribution >= 0.6 is 0 Å². The van der Waals surface area contributed by atoms with Gasteiger partial charge in [-0.3, -0.25) is 4.90 Å². The van der Waals surface area contributed by atoms with Gasteiger partial charge in [-0.05, 0) is 25.3 Å². The molecule has 16 heavy (non-hydrogen) atoms. The van der Waals surface area contributed by atoms with Crippen LogP contribution in [0.4, 0.5) is 0 Å².